The molecule has 2 aliphatic rings. The van der Waals surface area contributed by atoms with E-state index in [0.717, 1.165) is 22.9 Å². The molecule has 1 aromatic heterocycles. The van der Waals surface area contributed by atoms with Crippen molar-refractivity contribution in [3.8, 4) is 11.1 Å². The number of carboxylic acid groups (broad SMARTS) is 1. The van der Waals surface area contributed by atoms with Crippen LogP contribution in [-0.4, -0.2) is 58.8 Å². The third-order valence-corrected chi connectivity index (χ3v) is 10.2. The quantitative estimate of drug-likeness (QED) is 0.224. The maximum Gasteiger partial charge on any atom is 0.419 e. The zero-order valence-electron chi connectivity index (χ0n) is 30.4. The summed E-state index contributed by atoms with van der Waals surface area (Å²) in [4.78, 5) is 41.5. The maximum atomic E-state index is 16.0. The Morgan fingerprint density at radius 1 is 0.927 bits per heavy atom. The first-order chi connectivity index (χ1) is 25.9. The molecular weight excluding hydrogens is 742 g/mol. The molecule has 1 saturated heterocycles. The number of carboxylic acids is 1. The molecule has 2 N–H and O–H groups in total. The second kappa shape index (κ2) is 17.2. The molecule has 2 bridgehead atoms. The van der Waals surface area contributed by atoms with Crippen LogP contribution >= 0.6 is 0 Å². The molecule has 300 valence electrons. The van der Waals surface area contributed by atoms with Crippen LogP contribution in [0.25, 0.3) is 11.1 Å². The van der Waals surface area contributed by atoms with Crippen LogP contribution in [0.2, 0.25) is 0 Å². The van der Waals surface area contributed by atoms with E-state index in [9.17, 15) is 50.2 Å². The fourth-order valence-corrected chi connectivity index (χ4v) is 7.56. The lowest BCUT2D eigenvalue weighted by atomic mass is 9.87. The Balaban J connectivity index is 1.61. The summed E-state index contributed by atoms with van der Waals surface area (Å²) in [6, 6.07) is 0.831. The Morgan fingerprint density at radius 2 is 1.60 bits per heavy atom. The van der Waals surface area contributed by atoms with Crippen molar-refractivity contribution in [1.29, 1.82) is 0 Å². The van der Waals surface area contributed by atoms with E-state index >= 15 is 4.39 Å². The number of benzene rings is 2. The van der Waals surface area contributed by atoms with Crippen LogP contribution in [0.15, 0.2) is 41.3 Å². The highest BCUT2D eigenvalue weighted by Crippen LogP contribution is 2.41. The molecule has 8 nitrogen and oxygen atoms in total. The number of rotatable bonds is 8. The Hall–Kier alpha value is -4.31. The van der Waals surface area contributed by atoms with Crippen LogP contribution in [0.4, 0.5) is 35.1 Å². The average Bonchev–Trinajstić information content (AvgIpc) is 3.05. The second-order valence-electron chi connectivity index (χ2n) is 14.2. The van der Waals surface area contributed by atoms with E-state index < -0.39 is 76.6 Å². The molecule has 55 heavy (non-hydrogen) atoms. The summed E-state index contributed by atoms with van der Waals surface area (Å²) in [5, 5.41) is 12.1. The molecule has 2 atom stereocenters. The highest BCUT2D eigenvalue weighted by Gasteiger charge is 2.39. The van der Waals surface area contributed by atoms with Crippen LogP contribution in [0, 0.1) is 18.6 Å². The summed E-state index contributed by atoms with van der Waals surface area (Å²) in [5.74, 6) is -5.16. The molecule has 3 heterocycles. The number of hydrogen-bond acceptors (Lipinski definition) is 5. The van der Waals surface area contributed by atoms with Gasteiger partial charge in [-0.1, -0.05) is 25.7 Å². The van der Waals surface area contributed by atoms with Gasteiger partial charge in [-0.05, 0) is 91.6 Å². The van der Waals surface area contributed by atoms with E-state index in [1.54, 1.807) is 0 Å². The number of likely N-dealkylation sites (tertiary alicyclic amines) is 1. The predicted octanol–water partition coefficient (Wildman–Crippen LogP) is 8.17. The van der Waals surface area contributed by atoms with Crippen molar-refractivity contribution in [1.82, 2.24) is 14.8 Å². The Bertz CT molecular complexity index is 1940. The number of aromatic nitrogens is 1. The molecule has 2 aliphatic heterocycles. The number of carbonyl (C=O) groups excluding carboxylic acids is 1. The normalized spacial score (nSPS) is 19.4. The van der Waals surface area contributed by atoms with E-state index in [4.69, 9.17) is 4.74 Å². The third-order valence-electron chi connectivity index (χ3n) is 10.2. The number of nitrogens with zero attached hydrogens (tertiary/aromatic N) is 2. The maximum absolute atomic E-state index is 16.0. The summed E-state index contributed by atoms with van der Waals surface area (Å²) < 4.78 is 123. The summed E-state index contributed by atoms with van der Waals surface area (Å²) in [7, 11) is 0. The summed E-state index contributed by atoms with van der Waals surface area (Å²) >= 11 is 0. The molecule has 2 aromatic carbocycles. The van der Waals surface area contributed by atoms with Crippen molar-refractivity contribution >= 4 is 11.9 Å². The van der Waals surface area contributed by atoms with Gasteiger partial charge in [0.1, 0.15) is 17.7 Å². The number of fused-ring (bicyclic) bond motifs is 4. The first-order valence-corrected chi connectivity index (χ1v) is 18.3. The fraction of sp³-hybridized carbons (Fsp3) is 0.513. The summed E-state index contributed by atoms with van der Waals surface area (Å²) in [6.45, 7) is 4.98. The van der Waals surface area contributed by atoms with Crippen LogP contribution in [0.3, 0.4) is 0 Å². The van der Waals surface area contributed by atoms with E-state index in [1.807, 2.05) is 11.8 Å². The van der Waals surface area contributed by atoms with E-state index in [0.29, 0.717) is 63.1 Å². The zero-order valence-corrected chi connectivity index (χ0v) is 30.4. The SMILES string of the molecule is CCOC1CN(CCc2cn([C@H]3CCCCCCCc4cc(F)cc(C)c4-c4cc(c(F)c(C(F)(F)F)c4)[C@H](CC(=O)O)NC3=O)c(=O)cc2C(F)(F)F)C1. The van der Waals surface area contributed by atoms with Crippen LogP contribution < -0.4 is 10.9 Å². The third kappa shape index (κ3) is 10.1. The fourth-order valence-electron chi connectivity index (χ4n) is 7.56. The van der Waals surface area contributed by atoms with Gasteiger partial charge < -0.3 is 19.7 Å². The molecule has 0 radical (unpaired) electrons. The standard InChI is InChI=1S/C39H43F8N3O5/c1-3-55-27-20-49(21-27)12-11-24-19-50(33(51)17-29(24)38(42,43)44)32-10-8-6-4-5-7-9-23-14-26(40)13-22(2)35(23)25-15-28(31(18-34(52)53)48-37(32)54)36(41)30(16-25)39(45,46)47/h13-17,19,27,31-32H,3-12,18,20-21H2,1-2H3,(H,48,54)(H,52,53)/t31-,32-/m0/s1. The second-order valence-corrected chi connectivity index (χ2v) is 14.2. The lowest BCUT2D eigenvalue weighted by molar-refractivity contribution is -0.140. The van der Waals surface area contributed by atoms with Gasteiger partial charge >= 0.3 is 18.3 Å². The molecule has 3 aromatic rings. The zero-order chi connectivity index (χ0) is 40.2. The van der Waals surface area contributed by atoms with Gasteiger partial charge in [0.2, 0.25) is 5.91 Å². The van der Waals surface area contributed by atoms with Crippen molar-refractivity contribution in [2.24, 2.45) is 0 Å². The van der Waals surface area contributed by atoms with Crippen molar-refractivity contribution in [2.75, 3.05) is 26.2 Å². The van der Waals surface area contributed by atoms with Gasteiger partial charge in [-0.25, -0.2) is 8.78 Å². The number of aliphatic carboxylic acids is 1. The molecule has 5 rings (SSSR count). The largest absolute Gasteiger partial charge is 0.481 e. The number of carbonyl (C=O) groups is 2. The minimum atomic E-state index is -5.27. The Kier molecular flexibility index (Phi) is 13.1. The monoisotopic (exact) mass is 785 g/mol. The van der Waals surface area contributed by atoms with Crippen molar-refractivity contribution < 1.29 is 54.6 Å². The predicted molar refractivity (Wildman–Crippen MR) is 186 cm³/mol. The van der Waals surface area contributed by atoms with Crippen molar-refractivity contribution in [3.05, 3.63) is 91.9 Å². The molecular formula is C39H43F8N3O5. The molecule has 16 heteroatoms. The lowest BCUT2D eigenvalue weighted by Crippen LogP contribution is -2.52. The number of ether oxygens (including phenoxy) is 1. The van der Waals surface area contributed by atoms with Crippen LogP contribution in [0.1, 0.15) is 97.3 Å². The van der Waals surface area contributed by atoms with Crippen LogP contribution in [-0.2, 0) is 39.5 Å². The van der Waals surface area contributed by atoms with Crippen molar-refractivity contribution in [3.63, 3.8) is 0 Å². The lowest BCUT2D eigenvalue weighted by Gasteiger charge is -2.38. The first kappa shape index (κ1) is 41.8. The highest BCUT2D eigenvalue weighted by atomic mass is 19.4. The number of halogens is 8. The van der Waals surface area contributed by atoms with E-state index in [2.05, 4.69) is 5.32 Å². The number of amides is 1. The van der Waals surface area contributed by atoms with Gasteiger partial charge in [-0.2, -0.15) is 26.3 Å². The molecule has 0 saturated carbocycles. The summed E-state index contributed by atoms with van der Waals surface area (Å²) in [6.07, 6.45) is -7.87. The van der Waals surface area contributed by atoms with Gasteiger partial charge in [0.05, 0.1) is 29.7 Å². The molecule has 0 aliphatic carbocycles. The minimum absolute atomic E-state index is 0.0543. The van der Waals surface area contributed by atoms with E-state index in [1.165, 1.54) is 13.0 Å². The average molecular weight is 786 g/mol. The van der Waals surface area contributed by atoms with Gasteiger partial charge in [-0.3, -0.25) is 19.3 Å². The smallest absolute Gasteiger partial charge is 0.419 e. The number of nitrogens with one attached hydrogen (secondary N) is 1. The first-order valence-electron chi connectivity index (χ1n) is 18.3. The van der Waals surface area contributed by atoms with Gasteiger partial charge in [0.25, 0.3) is 5.56 Å². The molecule has 0 unspecified atom stereocenters. The van der Waals surface area contributed by atoms with E-state index in [-0.39, 0.29) is 60.6 Å². The molecule has 0 spiro atoms. The van der Waals surface area contributed by atoms with Crippen molar-refractivity contribution in [2.45, 2.75) is 102 Å². The van der Waals surface area contributed by atoms with Crippen LogP contribution in [0.5, 0.6) is 0 Å². The number of aryl methyl sites for hydroxylation is 2. The topological polar surface area (TPSA) is 101 Å². The van der Waals surface area contributed by atoms with Gasteiger partial charge in [0, 0.05) is 44.1 Å². The highest BCUT2D eigenvalue weighted by molar-refractivity contribution is 5.82. The number of pyridine rings is 1. The number of hydrogen-bond donors (Lipinski definition) is 2. The molecule has 1 fully saturated rings. The molecule has 1 amide bonds. The Labute approximate surface area is 312 Å². The summed E-state index contributed by atoms with van der Waals surface area (Å²) in [5.41, 5.74) is -4.53. The Morgan fingerprint density at radius 3 is 2.25 bits per heavy atom. The van der Waals surface area contributed by atoms with Gasteiger partial charge in [-0.15, -0.1) is 0 Å². The minimum Gasteiger partial charge on any atom is -0.481 e. The number of alkyl halides is 6. The van der Waals surface area contributed by atoms with Gasteiger partial charge in [0.15, 0.2) is 0 Å².